The summed E-state index contributed by atoms with van der Waals surface area (Å²) < 4.78 is 1.54. The van der Waals surface area contributed by atoms with Crippen molar-refractivity contribution in [2.24, 2.45) is 7.05 Å². The zero-order chi connectivity index (χ0) is 14.9. The first kappa shape index (κ1) is 13.5. The monoisotopic (exact) mass is 271 g/mol. The van der Waals surface area contributed by atoms with Crippen molar-refractivity contribution >= 4 is 17.2 Å². The van der Waals surface area contributed by atoms with Gasteiger partial charge in [0.2, 0.25) is 0 Å². The third-order valence-corrected chi connectivity index (χ3v) is 3.00. The molecule has 7 nitrogen and oxygen atoms in total. The zero-order valence-corrected chi connectivity index (χ0v) is 11.3. The molecule has 0 amide bonds. The van der Waals surface area contributed by atoms with Gasteiger partial charge >= 0.3 is 0 Å². The Hall–Kier alpha value is -2.88. The summed E-state index contributed by atoms with van der Waals surface area (Å²) in [4.78, 5) is 10.5. The Bertz CT molecular complexity index is 727. The number of benzene rings is 1. The quantitative estimate of drug-likeness (QED) is 0.683. The Morgan fingerprint density at radius 1 is 1.45 bits per heavy atom. The van der Waals surface area contributed by atoms with Crippen LogP contribution < -0.4 is 5.32 Å². The van der Waals surface area contributed by atoms with Gasteiger partial charge in [-0.15, -0.1) is 0 Å². The second-order valence-electron chi connectivity index (χ2n) is 4.43. The van der Waals surface area contributed by atoms with Crippen molar-refractivity contribution < 1.29 is 4.92 Å². The molecule has 0 aliphatic carbocycles. The molecule has 0 saturated heterocycles. The predicted molar refractivity (Wildman–Crippen MR) is 73.8 cm³/mol. The fourth-order valence-corrected chi connectivity index (χ4v) is 1.96. The third kappa shape index (κ3) is 2.31. The molecule has 7 heteroatoms. The van der Waals surface area contributed by atoms with Crippen molar-refractivity contribution in [3.05, 3.63) is 45.1 Å². The van der Waals surface area contributed by atoms with Gasteiger partial charge in [0.1, 0.15) is 17.5 Å². The van der Waals surface area contributed by atoms with Crippen LogP contribution in [0.3, 0.4) is 0 Å². The topological polar surface area (TPSA) is 96.8 Å². The van der Waals surface area contributed by atoms with E-state index in [0.29, 0.717) is 28.3 Å². The van der Waals surface area contributed by atoms with Crippen LogP contribution in [-0.4, -0.2) is 14.7 Å². The summed E-state index contributed by atoms with van der Waals surface area (Å²) in [7, 11) is 1.71. The summed E-state index contributed by atoms with van der Waals surface area (Å²) >= 11 is 0. The highest BCUT2D eigenvalue weighted by Crippen LogP contribution is 2.27. The molecule has 0 radical (unpaired) electrons. The van der Waals surface area contributed by atoms with Crippen molar-refractivity contribution in [2.75, 3.05) is 5.32 Å². The number of nitro groups is 1. The van der Waals surface area contributed by atoms with E-state index in [1.54, 1.807) is 37.7 Å². The summed E-state index contributed by atoms with van der Waals surface area (Å²) in [5, 5.41) is 27.2. The van der Waals surface area contributed by atoms with Gasteiger partial charge in [0.25, 0.3) is 5.69 Å². The van der Waals surface area contributed by atoms with Crippen LogP contribution in [0.1, 0.15) is 16.8 Å². The highest BCUT2D eigenvalue weighted by molar-refractivity contribution is 5.67. The maximum absolute atomic E-state index is 10.9. The average Bonchev–Trinajstić information content (AvgIpc) is 2.65. The summed E-state index contributed by atoms with van der Waals surface area (Å²) in [5.74, 6) is 0.517. The Morgan fingerprint density at radius 3 is 2.75 bits per heavy atom. The summed E-state index contributed by atoms with van der Waals surface area (Å²) in [6, 6.07) is 6.91. The number of nitro benzene ring substituents is 1. The Kier molecular flexibility index (Phi) is 3.39. The van der Waals surface area contributed by atoms with Crippen LogP contribution >= 0.6 is 0 Å². The normalized spacial score (nSPS) is 10.1. The van der Waals surface area contributed by atoms with E-state index in [1.165, 1.54) is 6.07 Å². The zero-order valence-electron chi connectivity index (χ0n) is 11.3. The second kappa shape index (κ2) is 5.01. The van der Waals surface area contributed by atoms with Crippen LogP contribution in [0, 0.1) is 35.3 Å². The van der Waals surface area contributed by atoms with Crippen molar-refractivity contribution in [3.63, 3.8) is 0 Å². The molecule has 0 fully saturated rings. The molecule has 102 valence electrons. The minimum absolute atomic E-state index is 0.0346. The van der Waals surface area contributed by atoms with E-state index in [2.05, 4.69) is 16.5 Å². The first-order chi connectivity index (χ1) is 9.43. The van der Waals surface area contributed by atoms with E-state index in [4.69, 9.17) is 5.26 Å². The van der Waals surface area contributed by atoms with E-state index in [-0.39, 0.29) is 5.69 Å². The van der Waals surface area contributed by atoms with E-state index < -0.39 is 4.92 Å². The number of rotatable bonds is 3. The van der Waals surface area contributed by atoms with Crippen LogP contribution in [0.5, 0.6) is 0 Å². The summed E-state index contributed by atoms with van der Waals surface area (Å²) in [5.41, 5.74) is 2.20. The molecule has 0 aliphatic heterocycles. The van der Waals surface area contributed by atoms with Crippen LogP contribution in [0.4, 0.5) is 17.2 Å². The highest BCUT2D eigenvalue weighted by atomic mass is 16.6. The van der Waals surface area contributed by atoms with Crippen LogP contribution in [0.15, 0.2) is 18.2 Å². The van der Waals surface area contributed by atoms with E-state index in [9.17, 15) is 10.1 Å². The number of nitrogens with zero attached hydrogens (tertiary/aromatic N) is 4. The largest absolute Gasteiger partial charge is 0.339 e. The van der Waals surface area contributed by atoms with Crippen molar-refractivity contribution in [2.45, 2.75) is 13.8 Å². The van der Waals surface area contributed by atoms with Crippen molar-refractivity contribution in [3.8, 4) is 6.07 Å². The van der Waals surface area contributed by atoms with Crippen molar-refractivity contribution in [1.29, 1.82) is 5.26 Å². The van der Waals surface area contributed by atoms with Gasteiger partial charge in [-0.25, -0.2) is 0 Å². The molecule has 2 aromatic rings. The Balaban J connectivity index is 2.44. The molecular formula is C13H13N5O2. The van der Waals surface area contributed by atoms with E-state index in [0.717, 1.165) is 0 Å². The minimum Gasteiger partial charge on any atom is -0.339 e. The van der Waals surface area contributed by atoms with E-state index in [1.807, 2.05) is 0 Å². The summed E-state index contributed by atoms with van der Waals surface area (Å²) in [6.45, 7) is 3.41. The lowest BCUT2D eigenvalue weighted by atomic mass is 10.2. The third-order valence-electron chi connectivity index (χ3n) is 3.00. The van der Waals surface area contributed by atoms with Gasteiger partial charge in [0.05, 0.1) is 10.6 Å². The number of hydrogen-bond acceptors (Lipinski definition) is 5. The fourth-order valence-electron chi connectivity index (χ4n) is 1.96. The molecule has 0 aliphatic rings. The average molecular weight is 271 g/mol. The van der Waals surface area contributed by atoms with Gasteiger partial charge in [-0.05, 0) is 19.9 Å². The van der Waals surface area contributed by atoms with E-state index >= 15 is 0 Å². The molecule has 0 saturated carbocycles. The Morgan fingerprint density at radius 2 is 2.15 bits per heavy atom. The number of hydrogen-bond donors (Lipinski definition) is 1. The lowest BCUT2D eigenvalue weighted by Gasteiger charge is -2.07. The van der Waals surface area contributed by atoms with Gasteiger partial charge in [-0.3, -0.25) is 14.8 Å². The molecule has 0 spiro atoms. The second-order valence-corrected chi connectivity index (χ2v) is 4.43. The molecule has 1 aromatic heterocycles. The summed E-state index contributed by atoms with van der Waals surface area (Å²) in [6.07, 6.45) is 0. The first-order valence-corrected chi connectivity index (χ1v) is 5.89. The lowest BCUT2D eigenvalue weighted by Crippen LogP contribution is -2.01. The molecule has 0 atom stereocenters. The highest BCUT2D eigenvalue weighted by Gasteiger charge is 2.15. The molecule has 0 bridgehead atoms. The van der Waals surface area contributed by atoms with Gasteiger partial charge in [-0.2, -0.15) is 10.4 Å². The maximum Gasteiger partial charge on any atom is 0.274 e. The van der Waals surface area contributed by atoms with Crippen LogP contribution in [-0.2, 0) is 7.05 Å². The molecule has 1 N–H and O–H groups in total. The smallest absolute Gasteiger partial charge is 0.274 e. The minimum atomic E-state index is -0.430. The lowest BCUT2D eigenvalue weighted by molar-refractivity contribution is -0.385. The standard InChI is InChI=1S/C13H13N5O2/c1-8-4-5-10(6-12(8)18(19)20)15-13-11(7-14)9(2)16-17(13)3/h4-6,15H,1-3H3. The van der Waals surface area contributed by atoms with Crippen LogP contribution in [0.2, 0.25) is 0 Å². The van der Waals surface area contributed by atoms with Gasteiger partial charge in [-0.1, -0.05) is 6.07 Å². The Labute approximate surface area is 115 Å². The number of nitriles is 1. The molecule has 1 heterocycles. The SMILES string of the molecule is Cc1ccc(Nc2c(C#N)c(C)nn2C)cc1[N+](=O)[O-]. The molecular weight excluding hydrogens is 258 g/mol. The molecule has 0 unspecified atom stereocenters. The molecule has 1 aromatic carbocycles. The number of aromatic nitrogens is 2. The van der Waals surface area contributed by atoms with Gasteiger partial charge in [0, 0.05) is 24.4 Å². The van der Waals surface area contributed by atoms with Crippen LogP contribution in [0.25, 0.3) is 0 Å². The number of anilines is 2. The predicted octanol–water partition coefficient (Wildman–Crippen LogP) is 2.56. The maximum atomic E-state index is 10.9. The van der Waals surface area contributed by atoms with Gasteiger partial charge < -0.3 is 5.32 Å². The first-order valence-electron chi connectivity index (χ1n) is 5.89. The molecule has 2 rings (SSSR count). The fraction of sp³-hybridized carbons (Fsp3) is 0.231. The number of nitrogens with one attached hydrogen (secondary N) is 1. The molecule has 20 heavy (non-hydrogen) atoms. The number of aryl methyl sites for hydroxylation is 3. The van der Waals surface area contributed by atoms with Crippen molar-refractivity contribution in [1.82, 2.24) is 9.78 Å². The van der Waals surface area contributed by atoms with Gasteiger partial charge in [0.15, 0.2) is 0 Å².